The normalized spacial score (nSPS) is 10.8. The van der Waals surface area contributed by atoms with Crippen LogP contribution in [0.15, 0.2) is 85.1 Å². The van der Waals surface area contributed by atoms with Crippen molar-refractivity contribution in [2.24, 2.45) is 0 Å². The molecule has 0 radical (unpaired) electrons. The zero-order valence-electron chi connectivity index (χ0n) is 17.7. The molecule has 0 saturated carbocycles. The summed E-state index contributed by atoms with van der Waals surface area (Å²) in [5.41, 5.74) is 3.16. The Balaban J connectivity index is 1.37. The van der Waals surface area contributed by atoms with Crippen molar-refractivity contribution in [3.63, 3.8) is 0 Å². The summed E-state index contributed by atoms with van der Waals surface area (Å²) in [6.07, 6.45) is 1.60. The van der Waals surface area contributed by atoms with Gasteiger partial charge in [-0.3, -0.25) is 4.79 Å². The average molecular weight is 449 g/mol. The second kappa shape index (κ2) is 9.95. The Bertz CT molecular complexity index is 1230. The maximum Gasteiger partial charge on any atom is 0.387 e. The van der Waals surface area contributed by atoms with Crippen molar-refractivity contribution in [1.82, 2.24) is 9.78 Å². The van der Waals surface area contributed by atoms with Gasteiger partial charge in [0, 0.05) is 6.20 Å². The van der Waals surface area contributed by atoms with Crippen LogP contribution in [0.1, 0.15) is 16.1 Å². The number of halogens is 2. The third-order valence-corrected chi connectivity index (χ3v) is 4.80. The van der Waals surface area contributed by atoms with Crippen molar-refractivity contribution in [2.45, 2.75) is 20.3 Å². The predicted octanol–water partition coefficient (Wildman–Crippen LogP) is 5.75. The lowest BCUT2D eigenvalue weighted by atomic mass is 10.1. The number of ether oxygens (including phenoxy) is 2. The summed E-state index contributed by atoms with van der Waals surface area (Å²) in [6, 6.07) is 23.8. The molecule has 3 aromatic carbocycles. The highest BCUT2D eigenvalue weighted by Gasteiger charge is 2.15. The van der Waals surface area contributed by atoms with Crippen LogP contribution in [0.2, 0.25) is 0 Å². The lowest BCUT2D eigenvalue weighted by Crippen LogP contribution is -2.15. The van der Waals surface area contributed by atoms with Crippen LogP contribution in [0.25, 0.3) is 11.1 Å². The molecular formula is C25H21F2N3O3. The molecule has 4 aromatic rings. The van der Waals surface area contributed by atoms with E-state index < -0.39 is 12.5 Å². The zero-order valence-corrected chi connectivity index (χ0v) is 17.7. The monoisotopic (exact) mass is 449 g/mol. The number of aryl methyl sites for hydroxylation is 1. The standard InChI is InChI=1S/C25H21F2N3O3/c1-17-7-12-21(23(15-17)33-25(26)27)28-24(31)22-13-14-30(29-22)16-32-20-10-8-19(9-11-20)18-5-3-2-4-6-18/h2-15,25H,16H2,1H3,(H,28,31). The molecule has 0 spiro atoms. The number of nitrogens with one attached hydrogen (secondary N) is 1. The second-order valence-electron chi connectivity index (χ2n) is 7.24. The molecule has 33 heavy (non-hydrogen) atoms. The van der Waals surface area contributed by atoms with Gasteiger partial charge in [0.05, 0.1) is 5.69 Å². The number of carbonyl (C=O) groups is 1. The SMILES string of the molecule is Cc1ccc(NC(=O)c2ccn(COc3ccc(-c4ccccc4)cc3)n2)c(OC(F)F)c1. The lowest BCUT2D eigenvalue weighted by molar-refractivity contribution is -0.0494. The minimum atomic E-state index is -3.00. The quantitative estimate of drug-likeness (QED) is 0.372. The minimum absolute atomic E-state index is 0.0994. The second-order valence-corrected chi connectivity index (χ2v) is 7.24. The fourth-order valence-corrected chi connectivity index (χ4v) is 3.18. The summed E-state index contributed by atoms with van der Waals surface area (Å²) >= 11 is 0. The molecule has 1 N–H and O–H groups in total. The van der Waals surface area contributed by atoms with Crippen LogP contribution in [0.3, 0.4) is 0 Å². The van der Waals surface area contributed by atoms with Crippen LogP contribution >= 0.6 is 0 Å². The molecule has 0 fully saturated rings. The first-order valence-electron chi connectivity index (χ1n) is 10.2. The molecule has 168 valence electrons. The average Bonchev–Trinajstić information content (AvgIpc) is 3.29. The van der Waals surface area contributed by atoms with Crippen molar-refractivity contribution in [1.29, 1.82) is 0 Å². The highest BCUT2D eigenvalue weighted by atomic mass is 19.3. The van der Waals surface area contributed by atoms with E-state index in [0.29, 0.717) is 5.75 Å². The van der Waals surface area contributed by atoms with Gasteiger partial charge in [0.2, 0.25) is 0 Å². The molecule has 1 heterocycles. The Labute approximate surface area is 189 Å². The lowest BCUT2D eigenvalue weighted by Gasteiger charge is -2.12. The fourth-order valence-electron chi connectivity index (χ4n) is 3.18. The van der Waals surface area contributed by atoms with Gasteiger partial charge in [0.15, 0.2) is 12.4 Å². The smallest absolute Gasteiger partial charge is 0.387 e. The number of benzene rings is 3. The van der Waals surface area contributed by atoms with Crippen LogP contribution in [0.5, 0.6) is 11.5 Å². The van der Waals surface area contributed by atoms with E-state index in [9.17, 15) is 13.6 Å². The number of amides is 1. The molecule has 0 aliphatic rings. The van der Waals surface area contributed by atoms with E-state index >= 15 is 0 Å². The Kier molecular flexibility index (Phi) is 6.64. The molecular weight excluding hydrogens is 428 g/mol. The van der Waals surface area contributed by atoms with E-state index in [0.717, 1.165) is 16.7 Å². The number of hydrogen-bond acceptors (Lipinski definition) is 4. The van der Waals surface area contributed by atoms with Crippen molar-refractivity contribution in [2.75, 3.05) is 5.32 Å². The first kappa shape index (κ1) is 22.0. The molecule has 0 saturated heterocycles. The Morgan fingerprint density at radius 3 is 2.45 bits per heavy atom. The molecule has 6 nitrogen and oxygen atoms in total. The number of aromatic nitrogens is 2. The highest BCUT2D eigenvalue weighted by Crippen LogP contribution is 2.28. The first-order valence-corrected chi connectivity index (χ1v) is 10.2. The molecule has 8 heteroatoms. The van der Waals surface area contributed by atoms with E-state index in [1.54, 1.807) is 19.2 Å². The maximum absolute atomic E-state index is 12.7. The number of nitrogens with zero attached hydrogens (tertiary/aromatic N) is 2. The Morgan fingerprint density at radius 1 is 1.00 bits per heavy atom. The van der Waals surface area contributed by atoms with E-state index in [1.807, 2.05) is 54.6 Å². The minimum Gasteiger partial charge on any atom is -0.471 e. The number of hydrogen-bond donors (Lipinski definition) is 1. The molecule has 0 atom stereocenters. The van der Waals surface area contributed by atoms with Crippen molar-refractivity contribution < 1.29 is 23.0 Å². The summed E-state index contributed by atoms with van der Waals surface area (Å²) in [5, 5.41) is 6.74. The number of carbonyl (C=O) groups excluding carboxylic acids is 1. The predicted molar refractivity (Wildman–Crippen MR) is 120 cm³/mol. The van der Waals surface area contributed by atoms with Gasteiger partial charge < -0.3 is 14.8 Å². The highest BCUT2D eigenvalue weighted by molar-refractivity contribution is 6.03. The van der Waals surface area contributed by atoms with Gasteiger partial charge in [0.25, 0.3) is 5.91 Å². The topological polar surface area (TPSA) is 65.4 Å². The van der Waals surface area contributed by atoms with Crippen LogP contribution in [0, 0.1) is 6.92 Å². The van der Waals surface area contributed by atoms with E-state index in [-0.39, 0.29) is 23.9 Å². The zero-order chi connectivity index (χ0) is 23.2. The molecule has 0 aliphatic carbocycles. The number of rotatable bonds is 8. The Morgan fingerprint density at radius 2 is 1.73 bits per heavy atom. The maximum atomic E-state index is 12.7. The molecule has 0 unspecified atom stereocenters. The van der Waals surface area contributed by atoms with Crippen LogP contribution in [0.4, 0.5) is 14.5 Å². The fraction of sp³-hybridized carbons (Fsp3) is 0.120. The molecule has 4 rings (SSSR count). The molecule has 0 aliphatic heterocycles. The van der Waals surface area contributed by atoms with Gasteiger partial charge in [0.1, 0.15) is 11.5 Å². The molecule has 1 aromatic heterocycles. The van der Waals surface area contributed by atoms with Gasteiger partial charge >= 0.3 is 6.61 Å². The van der Waals surface area contributed by atoms with Gasteiger partial charge in [-0.25, -0.2) is 4.68 Å². The van der Waals surface area contributed by atoms with Gasteiger partial charge in [-0.05, 0) is 53.9 Å². The summed E-state index contributed by atoms with van der Waals surface area (Å²) < 4.78 is 37.0. The van der Waals surface area contributed by atoms with Crippen LogP contribution in [-0.2, 0) is 6.73 Å². The van der Waals surface area contributed by atoms with Crippen molar-refractivity contribution >= 4 is 11.6 Å². The third kappa shape index (κ3) is 5.74. The van der Waals surface area contributed by atoms with E-state index in [1.165, 1.54) is 22.9 Å². The van der Waals surface area contributed by atoms with Crippen LogP contribution in [-0.4, -0.2) is 22.3 Å². The number of alkyl halides is 2. The summed E-state index contributed by atoms with van der Waals surface area (Å²) in [4.78, 5) is 12.5. The van der Waals surface area contributed by atoms with Crippen LogP contribution < -0.4 is 14.8 Å². The van der Waals surface area contributed by atoms with Crippen molar-refractivity contribution in [3.8, 4) is 22.6 Å². The Hall–Kier alpha value is -4.20. The first-order chi connectivity index (χ1) is 16.0. The largest absolute Gasteiger partial charge is 0.471 e. The van der Waals surface area contributed by atoms with E-state index in [4.69, 9.17) is 4.74 Å². The summed E-state index contributed by atoms with van der Waals surface area (Å²) in [7, 11) is 0. The van der Waals surface area contributed by atoms with Gasteiger partial charge in [-0.2, -0.15) is 13.9 Å². The summed E-state index contributed by atoms with van der Waals surface area (Å²) in [6.45, 7) is -1.16. The van der Waals surface area contributed by atoms with Gasteiger partial charge in [-0.1, -0.05) is 48.5 Å². The molecule has 1 amide bonds. The molecule has 0 bridgehead atoms. The van der Waals surface area contributed by atoms with Gasteiger partial charge in [-0.15, -0.1) is 0 Å². The van der Waals surface area contributed by atoms with E-state index in [2.05, 4.69) is 15.2 Å². The summed E-state index contributed by atoms with van der Waals surface area (Å²) in [5.74, 6) is -0.00590. The number of anilines is 1. The van der Waals surface area contributed by atoms with Crippen molar-refractivity contribution in [3.05, 3.63) is 96.3 Å². The third-order valence-electron chi connectivity index (χ3n) is 4.80.